The van der Waals surface area contributed by atoms with E-state index in [1.807, 2.05) is 12.1 Å². The zero-order valence-electron chi connectivity index (χ0n) is 17.0. The number of morpholine rings is 1. The lowest BCUT2D eigenvalue weighted by Gasteiger charge is -2.38. The van der Waals surface area contributed by atoms with E-state index in [1.165, 1.54) is 16.3 Å². The Bertz CT molecular complexity index is 988. The Balaban J connectivity index is 0.00000256. The molecule has 0 saturated carbocycles. The molecule has 1 heterocycles. The van der Waals surface area contributed by atoms with Gasteiger partial charge >= 0.3 is 5.97 Å². The Labute approximate surface area is 183 Å². The average molecular weight is 427 g/mol. The highest BCUT2D eigenvalue weighted by molar-refractivity contribution is 5.88. The standard InChI is InChI=1S/C24H26N2O3.ClH/c1-17(22-8-4-6-18-5-2-3-7-23(18)22)25-15-21-16-29-14-13-26(21)20-11-9-19(10-12-20)24(27)28;/h2-12,17,21,25H,13-16H2,1H3,(H,27,28);1H/t17-,21?;/m1./s1. The van der Waals surface area contributed by atoms with E-state index in [-0.39, 0.29) is 24.5 Å². The van der Waals surface area contributed by atoms with Gasteiger partial charge in [0.15, 0.2) is 0 Å². The Morgan fingerprint density at radius 1 is 1.13 bits per heavy atom. The van der Waals surface area contributed by atoms with Gasteiger partial charge in [-0.3, -0.25) is 0 Å². The van der Waals surface area contributed by atoms with Gasteiger partial charge in [-0.05, 0) is 47.5 Å². The lowest BCUT2D eigenvalue weighted by Crippen LogP contribution is -2.50. The van der Waals surface area contributed by atoms with Gasteiger partial charge < -0.3 is 20.1 Å². The van der Waals surface area contributed by atoms with Crippen LogP contribution < -0.4 is 10.2 Å². The molecule has 2 atom stereocenters. The van der Waals surface area contributed by atoms with Crippen molar-refractivity contribution in [3.05, 3.63) is 77.9 Å². The molecule has 0 spiro atoms. The lowest BCUT2D eigenvalue weighted by atomic mass is 9.99. The van der Waals surface area contributed by atoms with Crippen molar-refractivity contribution in [2.45, 2.75) is 19.0 Å². The number of benzene rings is 3. The fourth-order valence-electron chi connectivity index (χ4n) is 4.01. The molecule has 1 unspecified atom stereocenters. The molecular formula is C24H27ClN2O3. The lowest BCUT2D eigenvalue weighted by molar-refractivity contribution is 0.0696. The normalized spacial score (nSPS) is 17.4. The van der Waals surface area contributed by atoms with Gasteiger partial charge in [-0.1, -0.05) is 42.5 Å². The van der Waals surface area contributed by atoms with Crippen LogP contribution in [0.2, 0.25) is 0 Å². The third kappa shape index (κ3) is 4.75. The van der Waals surface area contributed by atoms with Crippen LogP contribution in [0.25, 0.3) is 10.8 Å². The van der Waals surface area contributed by atoms with Gasteiger partial charge in [0, 0.05) is 24.8 Å². The molecule has 0 aliphatic carbocycles. The third-order valence-electron chi connectivity index (χ3n) is 5.62. The first-order valence-corrected chi connectivity index (χ1v) is 10.0. The number of hydrogen-bond acceptors (Lipinski definition) is 4. The maximum absolute atomic E-state index is 11.1. The summed E-state index contributed by atoms with van der Waals surface area (Å²) >= 11 is 0. The quantitative estimate of drug-likeness (QED) is 0.607. The summed E-state index contributed by atoms with van der Waals surface area (Å²) in [4.78, 5) is 13.4. The zero-order valence-corrected chi connectivity index (χ0v) is 17.8. The van der Waals surface area contributed by atoms with Crippen molar-refractivity contribution in [2.75, 3.05) is 31.2 Å². The first-order chi connectivity index (χ1) is 14.1. The Morgan fingerprint density at radius 3 is 2.63 bits per heavy atom. The molecule has 0 aromatic heterocycles. The summed E-state index contributed by atoms with van der Waals surface area (Å²) in [6.07, 6.45) is 0. The average Bonchev–Trinajstić information content (AvgIpc) is 2.77. The fraction of sp³-hybridized carbons (Fsp3) is 0.292. The predicted molar refractivity (Wildman–Crippen MR) is 123 cm³/mol. The molecule has 5 nitrogen and oxygen atoms in total. The highest BCUT2D eigenvalue weighted by Crippen LogP contribution is 2.25. The Morgan fingerprint density at radius 2 is 1.87 bits per heavy atom. The number of carboxylic acids is 1. The molecule has 1 fully saturated rings. The van der Waals surface area contributed by atoms with Gasteiger partial charge in [-0.25, -0.2) is 4.79 Å². The van der Waals surface area contributed by atoms with E-state index in [2.05, 4.69) is 59.6 Å². The maximum Gasteiger partial charge on any atom is 0.335 e. The summed E-state index contributed by atoms with van der Waals surface area (Å²) < 4.78 is 5.73. The Hall–Kier alpha value is -2.60. The van der Waals surface area contributed by atoms with Gasteiger partial charge in [0.25, 0.3) is 0 Å². The van der Waals surface area contributed by atoms with Crippen molar-refractivity contribution in [3.63, 3.8) is 0 Å². The molecular weight excluding hydrogens is 400 g/mol. The second kappa shape index (κ2) is 9.94. The van der Waals surface area contributed by atoms with Crippen LogP contribution in [0, 0.1) is 0 Å². The van der Waals surface area contributed by atoms with E-state index in [9.17, 15) is 4.79 Å². The van der Waals surface area contributed by atoms with Crippen molar-refractivity contribution in [2.24, 2.45) is 0 Å². The fourth-order valence-corrected chi connectivity index (χ4v) is 4.01. The molecule has 3 aromatic rings. The molecule has 0 bridgehead atoms. The molecule has 2 N–H and O–H groups in total. The Kier molecular flexibility index (Phi) is 7.32. The van der Waals surface area contributed by atoms with Crippen LogP contribution in [-0.4, -0.2) is 43.4 Å². The molecule has 0 amide bonds. The van der Waals surface area contributed by atoms with E-state index in [1.54, 1.807) is 12.1 Å². The summed E-state index contributed by atoms with van der Waals surface area (Å²) in [5.74, 6) is -0.902. The number of hydrogen-bond donors (Lipinski definition) is 2. The minimum Gasteiger partial charge on any atom is -0.478 e. The molecule has 158 valence electrons. The van der Waals surface area contributed by atoms with Gasteiger partial charge in [-0.2, -0.15) is 0 Å². The largest absolute Gasteiger partial charge is 0.478 e. The minimum absolute atomic E-state index is 0. The smallest absolute Gasteiger partial charge is 0.335 e. The monoisotopic (exact) mass is 426 g/mol. The molecule has 4 rings (SSSR count). The van der Waals surface area contributed by atoms with Crippen LogP contribution in [0.3, 0.4) is 0 Å². The van der Waals surface area contributed by atoms with Crippen molar-refractivity contribution in [3.8, 4) is 0 Å². The minimum atomic E-state index is -0.902. The van der Waals surface area contributed by atoms with E-state index in [4.69, 9.17) is 9.84 Å². The number of carboxylic acid groups (broad SMARTS) is 1. The molecule has 1 aliphatic rings. The number of carbonyl (C=O) groups is 1. The molecule has 1 saturated heterocycles. The van der Waals surface area contributed by atoms with Gasteiger partial charge in [0.1, 0.15) is 0 Å². The first-order valence-electron chi connectivity index (χ1n) is 10.0. The maximum atomic E-state index is 11.1. The molecule has 30 heavy (non-hydrogen) atoms. The van der Waals surface area contributed by atoms with Crippen LogP contribution in [0.5, 0.6) is 0 Å². The van der Waals surface area contributed by atoms with E-state index in [0.29, 0.717) is 18.8 Å². The number of anilines is 1. The van der Waals surface area contributed by atoms with Crippen LogP contribution >= 0.6 is 12.4 Å². The molecule has 0 radical (unpaired) electrons. The second-order valence-electron chi connectivity index (χ2n) is 7.47. The van der Waals surface area contributed by atoms with Crippen LogP contribution in [0.1, 0.15) is 28.9 Å². The molecule has 6 heteroatoms. The number of rotatable bonds is 6. The van der Waals surface area contributed by atoms with Crippen molar-refractivity contribution in [1.82, 2.24) is 5.32 Å². The van der Waals surface area contributed by atoms with Crippen LogP contribution in [-0.2, 0) is 4.74 Å². The highest BCUT2D eigenvalue weighted by atomic mass is 35.5. The van der Waals surface area contributed by atoms with Crippen molar-refractivity contribution < 1.29 is 14.6 Å². The topological polar surface area (TPSA) is 61.8 Å². The first kappa shape index (κ1) is 22.1. The number of nitrogens with zero attached hydrogens (tertiary/aromatic N) is 1. The highest BCUT2D eigenvalue weighted by Gasteiger charge is 2.24. The number of nitrogens with one attached hydrogen (secondary N) is 1. The van der Waals surface area contributed by atoms with Gasteiger partial charge in [0.05, 0.1) is 24.8 Å². The summed E-state index contributed by atoms with van der Waals surface area (Å²) in [7, 11) is 0. The SMILES string of the molecule is C[C@@H](NCC1COCCN1c1ccc(C(=O)O)cc1)c1cccc2ccccc12.Cl. The van der Waals surface area contributed by atoms with Crippen molar-refractivity contribution in [1.29, 1.82) is 0 Å². The van der Waals surface area contributed by atoms with Gasteiger partial charge in [0.2, 0.25) is 0 Å². The number of fused-ring (bicyclic) bond motifs is 1. The van der Waals surface area contributed by atoms with E-state index in [0.717, 1.165) is 18.8 Å². The predicted octanol–water partition coefficient (Wildman–Crippen LogP) is 4.52. The second-order valence-corrected chi connectivity index (χ2v) is 7.47. The van der Waals surface area contributed by atoms with Crippen LogP contribution in [0.15, 0.2) is 66.7 Å². The zero-order chi connectivity index (χ0) is 20.2. The van der Waals surface area contributed by atoms with Crippen LogP contribution in [0.4, 0.5) is 5.69 Å². The number of ether oxygens (including phenoxy) is 1. The third-order valence-corrected chi connectivity index (χ3v) is 5.62. The summed E-state index contributed by atoms with van der Waals surface area (Å²) in [5.41, 5.74) is 2.63. The van der Waals surface area contributed by atoms with E-state index >= 15 is 0 Å². The molecule has 1 aliphatic heterocycles. The summed E-state index contributed by atoms with van der Waals surface area (Å²) in [6.45, 7) is 5.09. The summed E-state index contributed by atoms with van der Waals surface area (Å²) in [6, 6.07) is 22.4. The van der Waals surface area contributed by atoms with E-state index < -0.39 is 5.97 Å². The van der Waals surface area contributed by atoms with Crippen molar-refractivity contribution >= 4 is 34.8 Å². The number of aromatic carboxylic acids is 1. The summed E-state index contributed by atoms with van der Waals surface area (Å²) in [5, 5.41) is 15.3. The molecule has 3 aromatic carbocycles. The number of halogens is 1. The van der Waals surface area contributed by atoms with Gasteiger partial charge in [-0.15, -0.1) is 12.4 Å².